The molecule has 104 valence electrons. The van der Waals surface area contributed by atoms with Crippen LogP contribution in [0.5, 0.6) is 5.75 Å². The van der Waals surface area contributed by atoms with E-state index in [-0.39, 0.29) is 24.3 Å². The quantitative estimate of drug-likeness (QED) is 0.791. The fraction of sp³-hybridized carbons (Fsp3) is 0.462. The summed E-state index contributed by atoms with van der Waals surface area (Å²) in [4.78, 5) is 11.6. The monoisotopic (exact) mass is 270 g/mol. The van der Waals surface area contributed by atoms with E-state index in [1.54, 1.807) is 0 Å². The van der Waals surface area contributed by atoms with E-state index in [0.717, 1.165) is 37.6 Å². The third kappa shape index (κ3) is 4.17. The zero-order chi connectivity index (χ0) is 13.7. The number of benzene rings is 1. The highest BCUT2D eigenvalue weighted by Gasteiger charge is 2.21. The Morgan fingerprint density at radius 3 is 2.74 bits per heavy atom. The lowest BCUT2D eigenvalue weighted by atomic mass is 10.2. The molecule has 1 atom stereocenters. The van der Waals surface area contributed by atoms with Gasteiger partial charge in [0, 0.05) is 18.2 Å². The van der Waals surface area contributed by atoms with Crippen LogP contribution in [-0.4, -0.2) is 31.6 Å². The second-order valence-electron chi connectivity index (χ2n) is 4.39. The molecule has 2 rings (SSSR count). The van der Waals surface area contributed by atoms with Crippen LogP contribution < -0.4 is 15.4 Å². The molecule has 0 aromatic heterocycles. The van der Waals surface area contributed by atoms with Gasteiger partial charge in [0.15, 0.2) is 0 Å². The summed E-state index contributed by atoms with van der Waals surface area (Å²) in [5.74, 6) is -1.32. The average Bonchev–Trinajstić information content (AvgIpc) is 2.87. The summed E-state index contributed by atoms with van der Waals surface area (Å²) in [5.41, 5.74) is 0. The molecule has 2 N–H and O–H groups in total. The molecule has 1 aromatic rings. The molecule has 1 amide bonds. The minimum Gasteiger partial charge on any atom is -0.492 e. The predicted molar refractivity (Wildman–Crippen MR) is 65.9 cm³/mol. The molecule has 1 aliphatic heterocycles. The summed E-state index contributed by atoms with van der Waals surface area (Å²) in [5, 5.41) is 5.79. The van der Waals surface area contributed by atoms with Gasteiger partial charge in [-0.1, -0.05) is 0 Å². The maximum atomic E-state index is 12.9. The topological polar surface area (TPSA) is 50.4 Å². The predicted octanol–water partition coefficient (Wildman–Crippen LogP) is 1.21. The summed E-state index contributed by atoms with van der Waals surface area (Å²) in [6.07, 6.45) is 1.83. The van der Waals surface area contributed by atoms with Gasteiger partial charge in [0.2, 0.25) is 5.91 Å². The molecule has 4 nitrogen and oxygen atoms in total. The van der Waals surface area contributed by atoms with Gasteiger partial charge in [-0.25, -0.2) is 8.78 Å². The van der Waals surface area contributed by atoms with E-state index in [2.05, 4.69) is 10.6 Å². The maximum absolute atomic E-state index is 12.9. The van der Waals surface area contributed by atoms with Crippen LogP contribution in [0.25, 0.3) is 0 Å². The zero-order valence-electron chi connectivity index (χ0n) is 10.4. The van der Waals surface area contributed by atoms with Gasteiger partial charge >= 0.3 is 0 Å². The Bertz CT molecular complexity index is 428. The van der Waals surface area contributed by atoms with E-state index in [0.29, 0.717) is 6.54 Å². The molecule has 1 aromatic carbocycles. The fourth-order valence-electron chi connectivity index (χ4n) is 1.99. The molecule has 1 unspecified atom stereocenters. The van der Waals surface area contributed by atoms with Crippen molar-refractivity contribution in [2.75, 3.05) is 19.7 Å². The molecule has 0 saturated carbocycles. The normalized spacial score (nSPS) is 18.3. The molecule has 0 bridgehead atoms. The lowest BCUT2D eigenvalue weighted by molar-refractivity contribution is -0.122. The highest BCUT2D eigenvalue weighted by Crippen LogP contribution is 2.14. The first-order chi connectivity index (χ1) is 9.15. The third-order valence-corrected chi connectivity index (χ3v) is 2.88. The Balaban J connectivity index is 1.70. The number of nitrogens with one attached hydrogen (secondary N) is 2. The van der Waals surface area contributed by atoms with Crippen LogP contribution >= 0.6 is 0 Å². The smallest absolute Gasteiger partial charge is 0.237 e. The second kappa shape index (κ2) is 6.47. The van der Waals surface area contributed by atoms with E-state index in [9.17, 15) is 13.6 Å². The summed E-state index contributed by atoms with van der Waals surface area (Å²) in [6.45, 7) is 1.33. The molecule has 1 heterocycles. The largest absolute Gasteiger partial charge is 0.492 e. The lowest BCUT2D eigenvalue weighted by Crippen LogP contribution is -2.41. The number of halogens is 2. The van der Waals surface area contributed by atoms with Gasteiger partial charge in [-0.2, -0.15) is 0 Å². The molecular weight excluding hydrogens is 254 g/mol. The average molecular weight is 270 g/mol. The van der Waals surface area contributed by atoms with Crippen molar-refractivity contribution in [3.63, 3.8) is 0 Å². The Kier molecular flexibility index (Phi) is 4.68. The number of rotatable bonds is 5. The van der Waals surface area contributed by atoms with Crippen molar-refractivity contribution in [3.05, 3.63) is 29.8 Å². The Morgan fingerprint density at radius 2 is 2.11 bits per heavy atom. The van der Waals surface area contributed by atoms with Gasteiger partial charge in [0.05, 0.1) is 12.6 Å². The van der Waals surface area contributed by atoms with Crippen molar-refractivity contribution in [2.45, 2.75) is 18.9 Å². The van der Waals surface area contributed by atoms with Gasteiger partial charge in [-0.3, -0.25) is 4.79 Å². The first-order valence-electron chi connectivity index (χ1n) is 6.25. The van der Waals surface area contributed by atoms with E-state index in [4.69, 9.17) is 4.74 Å². The van der Waals surface area contributed by atoms with Crippen molar-refractivity contribution < 1.29 is 18.3 Å². The van der Waals surface area contributed by atoms with Crippen LogP contribution in [0.4, 0.5) is 8.78 Å². The molecule has 0 radical (unpaired) electrons. The number of hydrogen-bond acceptors (Lipinski definition) is 3. The minimum atomic E-state index is -0.686. The van der Waals surface area contributed by atoms with Gasteiger partial charge in [-0.15, -0.1) is 0 Å². The SMILES string of the molecule is O=C(NCCOc1cc(F)cc(F)c1)C1CCCN1. The molecule has 0 spiro atoms. The van der Waals surface area contributed by atoms with Crippen molar-refractivity contribution >= 4 is 5.91 Å². The first kappa shape index (κ1) is 13.7. The second-order valence-corrected chi connectivity index (χ2v) is 4.39. The van der Waals surface area contributed by atoms with Crippen LogP contribution in [0.3, 0.4) is 0 Å². The van der Waals surface area contributed by atoms with Gasteiger partial charge in [0.25, 0.3) is 0 Å². The summed E-state index contributed by atoms with van der Waals surface area (Å²) in [6, 6.07) is 2.85. The molecule has 1 aliphatic rings. The Hall–Kier alpha value is -1.69. The zero-order valence-corrected chi connectivity index (χ0v) is 10.4. The van der Waals surface area contributed by atoms with Crippen LogP contribution in [0, 0.1) is 11.6 Å². The van der Waals surface area contributed by atoms with Crippen LogP contribution in [0.2, 0.25) is 0 Å². The molecular formula is C13H16F2N2O2. The standard InChI is InChI=1S/C13H16F2N2O2/c14-9-6-10(15)8-11(7-9)19-5-4-17-13(18)12-2-1-3-16-12/h6-8,12,16H,1-5H2,(H,17,18). The van der Waals surface area contributed by atoms with Gasteiger partial charge < -0.3 is 15.4 Å². The number of hydrogen-bond donors (Lipinski definition) is 2. The summed E-state index contributed by atoms with van der Waals surface area (Å²) >= 11 is 0. The fourth-order valence-corrected chi connectivity index (χ4v) is 1.99. The highest BCUT2D eigenvalue weighted by molar-refractivity contribution is 5.81. The molecule has 6 heteroatoms. The molecule has 1 fully saturated rings. The minimum absolute atomic E-state index is 0.0634. The lowest BCUT2D eigenvalue weighted by Gasteiger charge is -2.11. The van der Waals surface area contributed by atoms with Crippen LogP contribution in [0.1, 0.15) is 12.8 Å². The summed E-state index contributed by atoms with van der Waals surface area (Å²) in [7, 11) is 0. The van der Waals surface area contributed by atoms with Crippen molar-refractivity contribution in [3.8, 4) is 5.75 Å². The van der Waals surface area contributed by atoms with E-state index in [1.807, 2.05) is 0 Å². The van der Waals surface area contributed by atoms with Crippen molar-refractivity contribution in [1.82, 2.24) is 10.6 Å². The van der Waals surface area contributed by atoms with Crippen molar-refractivity contribution in [2.24, 2.45) is 0 Å². The molecule has 0 aliphatic carbocycles. The van der Waals surface area contributed by atoms with Gasteiger partial charge in [-0.05, 0) is 19.4 Å². The van der Waals surface area contributed by atoms with E-state index in [1.165, 1.54) is 0 Å². The number of ether oxygens (including phenoxy) is 1. The van der Waals surface area contributed by atoms with Gasteiger partial charge in [0.1, 0.15) is 24.0 Å². The molecule has 1 saturated heterocycles. The number of amides is 1. The maximum Gasteiger partial charge on any atom is 0.237 e. The summed E-state index contributed by atoms with van der Waals surface area (Å²) < 4.78 is 30.9. The van der Waals surface area contributed by atoms with Crippen LogP contribution in [-0.2, 0) is 4.79 Å². The number of carbonyl (C=O) groups excluding carboxylic acids is 1. The first-order valence-corrected chi connectivity index (χ1v) is 6.25. The third-order valence-electron chi connectivity index (χ3n) is 2.88. The van der Waals surface area contributed by atoms with E-state index >= 15 is 0 Å². The molecule has 19 heavy (non-hydrogen) atoms. The van der Waals surface area contributed by atoms with E-state index < -0.39 is 11.6 Å². The Labute approximate surface area is 110 Å². The van der Waals surface area contributed by atoms with Crippen molar-refractivity contribution in [1.29, 1.82) is 0 Å². The Morgan fingerprint density at radius 1 is 1.37 bits per heavy atom. The highest BCUT2D eigenvalue weighted by atomic mass is 19.1. The number of carbonyl (C=O) groups is 1. The van der Waals surface area contributed by atoms with Crippen LogP contribution in [0.15, 0.2) is 18.2 Å².